The van der Waals surface area contributed by atoms with Gasteiger partial charge in [0.2, 0.25) is 0 Å². The second-order valence-electron chi connectivity index (χ2n) is 7.57. The first-order valence-corrected chi connectivity index (χ1v) is 10.2. The van der Waals surface area contributed by atoms with Crippen molar-refractivity contribution in [1.82, 2.24) is 10.3 Å². The number of aromatic nitrogens is 1. The molecular formula is C20H24BrClN2. The number of hydrogen-bond acceptors (Lipinski definition) is 2. The van der Waals surface area contributed by atoms with Crippen LogP contribution in [0, 0.1) is 5.92 Å². The normalized spacial score (nSPS) is 30.7. The summed E-state index contributed by atoms with van der Waals surface area (Å²) in [5.41, 5.74) is 5.67. The number of fused-ring (bicyclic) bond motifs is 2. The van der Waals surface area contributed by atoms with Crippen molar-refractivity contribution >= 4 is 27.5 Å². The Kier molecular flexibility index (Phi) is 4.61. The van der Waals surface area contributed by atoms with E-state index in [2.05, 4.69) is 46.4 Å². The molecule has 2 aliphatic carbocycles. The maximum atomic E-state index is 6.66. The van der Waals surface area contributed by atoms with Crippen LogP contribution in [0.15, 0.2) is 40.0 Å². The molecule has 2 atom stereocenters. The standard InChI is InChI=1S/C20H24BrClN2/c1-20(22)7-4-17-15(11-20)3-2-14-10-16(21)12-24-19(14)18(17)13-5-8-23-9-6-13/h4,10-13,18,23H,2-3,5-9H2,1H3/t18-,20?/m0/s1. The van der Waals surface area contributed by atoms with Crippen LogP contribution in [0.2, 0.25) is 0 Å². The minimum atomic E-state index is -0.234. The second-order valence-corrected chi connectivity index (χ2v) is 9.35. The Morgan fingerprint density at radius 3 is 2.88 bits per heavy atom. The van der Waals surface area contributed by atoms with E-state index in [-0.39, 0.29) is 4.87 Å². The fourth-order valence-electron chi connectivity index (χ4n) is 4.53. The third kappa shape index (κ3) is 3.23. The summed E-state index contributed by atoms with van der Waals surface area (Å²) in [4.78, 5) is 4.66. The highest BCUT2D eigenvalue weighted by atomic mass is 79.9. The van der Waals surface area contributed by atoms with Crippen LogP contribution in [0.1, 0.15) is 49.8 Å². The van der Waals surface area contributed by atoms with E-state index in [9.17, 15) is 0 Å². The number of nitrogens with one attached hydrogen (secondary N) is 1. The molecule has 24 heavy (non-hydrogen) atoms. The third-order valence-corrected chi connectivity index (χ3v) is 6.38. The van der Waals surface area contributed by atoms with Gasteiger partial charge in [-0.25, -0.2) is 0 Å². The zero-order chi connectivity index (χ0) is 16.7. The van der Waals surface area contributed by atoms with Gasteiger partial charge < -0.3 is 5.32 Å². The molecular weight excluding hydrogens is 384 g/mol. The monoisotopic (exact) mass is 406 g/mol. The second kappa shape index (κ2) is 6.59. The van der Waals surface area contributed by atoms with Crippen molar-refractivity contribution in [3.05, 3.63) is 51.3 Å². The van der Waals surface area contributed by atoms with Crippen molar-refractivity contribution in [1.29, 1.82) is 0 Å². The van der Waals surface area contributed by atoms with Gasteiger partial charge in [0.05, 0.1) is 10.6 Å². The molecule has 1 N–H and O–H groups in total. The highest BCUT2D eigenvalue weighted by Crippen LogP contribution is 2.47. The third-order valence-electron chi connectivity index (χ3n) is 5.68. The van der Waals surface area contributed by atoms with Crippen molar-refractivity contribution < 1.29 is 0 Å². The summed E-state index contributed by atoms with van der Waals surface area (Å²) < 4.78 is 1.08. The number of hydrogen-bond donors (Lipinski definition) is 1. The van der Waals surface area contributed by atoms with Gasteiger partial charge in [-0.15, -0.1) is 11.6 Å². The quantitative estimate of drug-likeness (QED) is 0.653. The van der Waals surface area contributed by atoms with Gasteiger partial charge in [0.25, 0.3) is 0 Å². The van der Waals surface area contributed by atoms with Crippen LogP contribution in [0.4, 0.5) is 0 Å². The van der Waals surface area contributed by atoms with Gasteiger partial charge in [0.15, 0.2) is 0 Å². The molecule has 0 aromatic carbocycles. The molecule has 128 valence electrons. The largest absolute Gasteiger partial charge is 0.317 e. The summed E-state index contributed by atoms with van der Waals surface area (Å²) in [7, 11) is 0. The van der Waals surface area contributed by atoms with E-state index in [0.29, 0.717) is 11.8 Å². The number of rotatable bonds is 1. The van der Waals surface area contributed by atoms with E-state index >= 15 is 0 Å². The molecule has 1 aromatic heterocycles. The Morgan fingerprint density at radius 1 is 1.29 bits per heavy atom. The van der Waals surface area contributed by atoms with Gasteiger partial charge in [-0.2, -0.15) is 0 Å². The maximum absolute atomic E-state index is 6.66. The van der Waals surface area contributed by atoms with Crippen molar-refractivity contribution in [2.24, 2.45) is 5.92 Å². The maximum Gasteiger partial charge on any atom is 0.0638 e. The fourth-order valence-corrected chi connectivity index (χ4v) is 5.12. The van der Waals surface area contributed by atoms with Gasteiger partial charge in [0, 0.05) is 16.6 Å². The number of nitrogens with zero attached hydrogens (tertiary/aromatic N) is 1. The lowest BCUT2D eigenvalue weighted by molar-refractivity contribution is 0.336. The van der Waals surface area contributed by atoms with Crippen LogP contribution in [0.25, 0.3) is 0 Å². The predicted molar refractivity (Wildman–Crippen MR) is 104 cm³/mol. The number of pyridine rings is 1. The summed E-state index contributed by atoms with van der Waals surface area (Å²) in [6.07, 6.45) is 12.2. The van der Waals surface area contributed by atoms with E-state index in [1.165, 1.54) is 35.2 Å². The van der Waals surface area contributed by atoms with Crippen LogP contribution >= 0.6 is 27.5 Å². The van der Waals surface area contributed by atoms with E-state index in [1.807, 2.05) is 6.20 Å². The zero-order valence-corrected chi connectivity index (χ0v) is 16.5. The summed E-state index contributed by atoms with van der Waals surface area (Å²) in [6.45, 7) is 4.36. The van der Waals surface area contributed by atoms with E-state index < -0.39 is 0 Å². The van der Waals surface area contributed by atoms with E-state index in [0.717, 1.165) is 36.8 Å². The van der Waals surface area contributed by atoms with Crippen LogP contribution in [0.5, 0.6) is 0 Å². The Balaban J connectivity index is 1.81. The molecule has 1 saturated heterocycles. The molecule has 0 amide bonds. The number of halogens is 2. The minimum Gasteiger partial charge on any atom is -0.317 e. The average Bonchev–Trinajstić information content (AvgIpc) is 2.71. The molecule has 1 unspecified atom stereocenters. The number of alkyl halides is 1. The lowest BCUT2D eigenvalue weighted by Gasteiger charge is -2.35. The van der Waals surface area contributed by atoms with E-state index in [4.69, 9.17) is 16.6 Å². The molecule has 2 nitrogen and oxygen atoms in total. The van der Waals surface area contributed by atoms with Gasteiger partial charge in [-0.05, 0) is 96.7 Å². The van der Waals surface area contributed by atoms with Crippen LogP contribution in [-0.2, 0) is 6.42 Å². The SMILES string of the molecule is CC1(Cl)C=C2CCc3cc(Br)cnc3[C@@H](C3CCNCC3)C2=CC1. The molecule has 2 heterocycles. The Morgan fingerprint density at radius 2 is 2.08 bits per heavy atom. The van der Waals surface area contributed by atoms with Crippen LogP contribution in [0.3, 0.4) is 0 Å². The van der Waals surface area contributed by atoms with Crippen molar-refractivity contribution in [2.45, 2.75) is 49.8 Å². The summed E-state index contributed by atoms with van der Waals surface area (Å²) in [5.74, 6) is 1.10. The predicted octanol–water partition coefficient (Wildman–Crippen LogP) is 5.13. The molecule has 0 radical (unpaired) electrons. The molecule has 4 heteroatoms. The number of piperidine rings is 1. The molecule has 1 aromatic rings. The number of aryl methyl sites for hydroxylation is 1. The molecule has 1 aliphatic heterocycles. The summed E-state index contributed by atoms with van der Waals surface area (Å²) >= 11 is 10.3. The molecule has 0 saturated carbocycles. The van der Waals surface area contributed by atoms with Crippen molar-refractivity contribution in [3.63, 3.8) is 0 Å². The lowest BCUT2D eigenvalue weighted by atomic mass is 9.73. The van der Waals surface area contributed by atoms with Crippen LogP contribution in [-0.4, -0.2) is 22.9 Å². The first-order chi connectivity index (χ1) is 11.5. The number of allylic oxidation sites excluding steroid dienone is 4. The molecule has 4 rings (SSSR count). The molecule has 3 aliphatic rings. The first-order valence-electron chi connectivity index (χ1n) is 9.00. The van der Waals surface area contributed by atoms with Gasteiger partial charge in [0.1, 0.15) is 0 Å². The van der Waals surface area contributed by atoms with E-state index in [1.54, 1.807) is 0 Å². The topological polar surface area (TPSA) is 24.9 Å². The van der Waals surface area contributed by atoms with Crippen molar-refractivity contribution in [2.75, 3.05) is 13.1 Å². The molecule has 1 fully saturated rings. The zero-order valence-electron chi connectivity index (χ0n) is 14.1. The Hall–Kier alpha value is -0.640. The van der Waals surface area contributed by atoms with Crippen LogP contribution < -0.4 is 5.32 Å². The minimum absolute atomic E-state index is 0.234. The molecule has 0 bridgehead atoms. The fraction of sp³-hybridized carbons (Fsp3) is 0.550. The highest BCUT2D eigenvalue weighted by Gasteiger charge is 2.36. The van der Waals surface area contributed by atoms with Crippen molar-refractivity contribution in [3.8, 4) is 0 Å². The molecule has 0 spiro atoms. The Labute approximate surface area is 157 Å². The Bertz CT molecular complexity index is 702. The smallest absolute Gasteiger partial charge is 0.0638 e. The van der Waals surface area contributed by atoms with Gasteiger partial charge in [-0.3, -0.25) is 4.98 Å². The lowest BCUT2D eigenvalue weighted by Crippen LogP contribution is -2.32. The summed E-state index contributed by atoms with van der Waals surface area (Å²) in [6, 6.07) is 2.27. The highest BCUT2D eigenvalue weighted by molar-refractivity contribution is 9.10. The van der Waals surface area contributed by atoms with Gasteiger partial charge >= 0.3 is 0 Å². The first kappa shape index (κ1) is 16.8. The average molecular weight is 408 g/mol. The van der Waals surface area contributed by atoms with Gasteiger partial charge in [-0.1, -0.05) is 12.2 Å². The summed E-state index contributed by atoms with van der Waals surface area (Å²) in [5, 5.41) is 3.50.